The Hall–Kier alpha value is -3.22. The molecule has 3 atom stereocenters. The van der Waals surface area contributed by atoms with E-state index in [4.69, 9.17) is 4.74 Å². The largest absolute Gasteiger partial charge is 0.459 e. The summed E-state index contributed by atoms with van der Waals surface area (Å²) in [7, 11) is 0. The quantitative estimate of drug-likeness (QED) is 0.418. The number of hydrogen-bond acceptors (Lipinski definition) is 5. The van der Waals surface area contributed by atoms with E-state index in [0.717, 1.165) is 11.1 Å². The summed E-state index contributed by atoms with van der Waals surface area (Å²) in [5.74, 6) is -1.18. The van der Waals surface area contributed by atoms with Crippen molar-refractivity contribution in [3.63, 3.8) is 0 Å². The molecule has 0 spiro atoms. The van der Waals surface area contributed by atoms with E-state index >= 15 is 0 Å². The van der Waals surface area contributed by atoms with E-state index in [0.29, 0.717) is 6.42 Å². The molecule has 1 amide bonds. The van der Waals surface area contributed by atoms with Crippen LogP contribution in [0.1, 0.15) is 37.3 Å². The van der Waals surface area contributed by atoms with Gasteiger partial charge in [0.1, 0.15) is 12.6 Å². The van der Waals surface area contributed by atoms with Gasteiger partial charge in [-0.3, -0.25) is 14.9 Å². The molecule has 0 radical (unpaired) electrons. The number of non-ortho nitro benzene ring substituents is 1. The molecule has 0 saturated heterocycles. The highest BCUT2D eigenvalue weighted by Gasteiger charge is 2.45. The van der Waals surface area contributed by atoms with Crippen molar-refractivity contribution in [2.24, 2.45) is 11.8 Å². The maximum atomic E-state index is 12.6. The van der Waals surface area contributed by atoms with E-state index in [9.17, 15) is 19.7 Å². The Bertz CT molecular complexity index is 897. The molecule has 29 heavy (non-hydrogen) atoms. The zero-order valence-electron chi connectivity index (χ0n) is 16.4. The molecule has 1 fully saturated rings. The fraction of sp³-hybridized carbons (Fsp3) is 0.364. The maximum absolute atomic E-state index is 12.6. The average Bonchev–Trinajstić information content (AvgIpc) is 3.52. The number of nitro groups is 1. The molecule has 3 unspecified atom stereocenters. The Morgan fingerprint density at radius 2 is 1.90 bits per heavy atom. The Morgan fingerprint density at radius 3 is 2.55 bits per heavy atom. The fourth-order valence-electron chi connectivity index (χ4n) is 3.30. The lowest BCUT2D eigenvalue weighted by Crippen LogP contribution is -2.46. The molecule has 1 saturated carbocycles. The van der Waals surface area contributed by atoms with Gasteiger partial charge in [0.2, 0.25) is 5.91 Å². The zero-order valence-corrected chi connectivity index (χ0v) is 16.4. The average molecular weight is 396 g/mol. The van der Waals surface area contributed by atoms with Crippen LogP contribution in [0.3, 0.4) is 0 Å². The van der Waals surface area contributed by atoms with Crippen LogP contribution in [-0.2, 0) is 20.9 Å². The third-order valence-corrected chi connectivity index (χ3v) is 5.08. The van der Waals surface area contributed by atoms with Crippen molar-refractivity contribution in [3.05, 3.63) is 75.8 Å². The number of benzene rings is 2. The molecule has 7 heteroatoms. The normalized spacial score (nSPS) is 18.7. The molecular weight excluding hydrogens is 372 g/mol. The number of esters is 1. The lowest BCUT2D eigenvalue weighted by Gasteiger charge is -2.21. The van der Waals surface area contributed by atoms with E-state index in [2.05, 4.69) is 5.32 Å². The van der Waals surface area contributed by atoms with Gasteiger partial charge in [-0.1, -0.05) is 56.3 Å². The van der Waals surface area contributed by atoms with Crippen LogP contribution < -0.4 is 5.32 Å². The van der Waals surface area contributed by atoms with Gasteiger partial charge >= 0.3 is 5.97 Å². The van der Waals surface area contributed by atoms with Crippen molar-refractivity contribution in [1.82, 2.24) is 5.32 Å². The van der Waals surface area contributed by atoms with E-state index in [1.807, 2.05) is 44.2 Å². The predicted octanol–water partition coefficient (Wildman–Crippen LogP) is 3.58. The first kappa shape index (κ1) is 20.5. The minimum atomic E-state index is -0.738. The number of nitrogens with zero attached hydrogens (tertiary/aromatic N) is 1. The number of carbonyl (C=O) groups excluding carboxylic acids is 2. The monoisotopic (exact) mass is 396 g/mol. The van der Waals surface area contributed by atoms with Gasteiger partial charge in [0.25, 0.3) is 5.69 Å². The predicted molar refractivity (Wildman–Crippen MR) is 107 cm³/mol. The minimum Gasteiger partial charge on any atom is -0.459 e. The number of hydrogen-bond donors (Lipinski definition) is 1. The number of carbonyl (C=O) groups is 2. The van der Waals surface area contributed by atoms with Crippen molar-refractivity contribution in [1.29, 1.82) is 0 Å². The van der Waals surface area contributed by atoms with Crippen LogP contribution in [0.2, 0.25) is 0 Å². The maximum Gasteiger partial charge on any atom is 0.329 e. The van der Waals surface area contributed by atoms with E-state index in [1.54, 1.807) is 12.1 Å². The third-order valence-electron chi connectivity index (χ3n) is 5.08. The number of rotatable bonds is 8. The Labute approximate surface area is 169 Å². The Kier molecular flexibility index (Phi) is 6.26. The second-order valence-electron chi connectivity index (χ2n) is 7.62. The Balaban J connectivity index is 1.58. The molecule has 0 aromatic heterocycles. The molecule has 1 aliphatic carbocycles. The van der Waals surface area contributed by atoms with Gasteiger partial charge in [-0.05, 0) is 29.4 Å². The van der Waals surface area contributed by atoms with Crippen molar-refractivity contribution in [2.75, 3.05) is 0 Å². The highest BCUT2D eigenvalue weighted by Crippen LogP contribution is 2.48. The fourth-order valence-corrected chi connectivity index (χ4v) is 3.30. The summed E-state index contributed by atoms with van der Waals surface area (Å²) < 4.78 is 5.38. The number of nitrogens with one attached hydrogen (secondary N) is 1. The number of ether oxygens (including phenoxy) is 1. The summed E-state index contributed by atoms with van der Waals surface area (Å²) in [4.78, 5) is 35.6. The molecule has 1 aliphatic rings. The summed E-state index contributed by atoms with van der Waals surface area (Å²) >= 11 is 0. The van der Waals surface area contributed by atoms with Crippen molar-refractivity contribution >= 4 is 17.6 Å². The molecule has 1 N–H and O–H groups in total. The van der Waals surface area contributed by atoms with Crippen molar-refractivity contribution in [2.45, 2.75) is 38.8 Å². The van der Waals surface area contributed by atoms with Crippen LogP contribution in [0, 0.1) is 22.0 Å². The van der Waals surface area contributed by atoms with Crippen LogP contribution in [0.25, 0.3) is 0 Å². The zero-order chi connectivity index (χ0) is 21.0. The standard InChI is InChI=1S/C22H24N2O5/c1-14(2)20(22(26)29-13-15-7-4-3-5-8-15)23-21(25)19-12-18(19)16-9-6-10-17(11-16)24(27)28/h3-11,14,18-20H,12-13H2,1-2H3,(H,23,25). The highest BCUT2D eigenvalue weighted by molar-refractivity contribution is 5.88. The lowest BCUT2D eigenvalue weighted by atomic mass is 10.0. The summed E-state index contributed by atoms with van der Waals surface area (Å²) in [6.45, 7) is 3.85. The molecule has 0 bridgehead atoms. The highest BCUT2D eigenvalue weighted by atomic mass is 16.6. The summed E-state index contributed by atoms with van der Waals surface area (Å²) in [6, 6.07) is 15.0. The van der Waals surface area contributed by atoms with E-state index in [-0.39, 0.29) is 36.0 Å². The van der Waals surface area contributed by atoms with Crippen molar-refractivity contribution in [3.8, 4) is 0 Å². The van der Waals surface area contributed by atoms with Gasteiger partial charge in [0, 0.05) is 18.1 Å². The summed E-state index contributed by atoms with van der Waals surface area (Å²) in [5.41, 5.74) is 1.66. The smallest absolute Gasteiger partial charge is 0.329 e. The van der Waals surface area contributed by atoms with Crippen LogP contribution in [0.4, 0.5) is 5.69 Å². The lowest BCUT2D eigenvalue weighted by molar-refractivity contribution is -0.384. The van der Waals surface area contributed by atoms with E-state index < -0.39 is 16.9 Å². The van der Waals surface area contributed by atoms with Gasteiger partial charge in [0.15, 0.2) is 0 Å². The number of amides is 1. The minimum absolute atomic E-state index is 0.0121. The molecule has 7 nitrogen and oxygen atoms in total. The topological polar surface area (TPSA) is 98.5 Å². The Morgan fingerprint density at radius 1 is 1.17 bits per heavy atom. The van der Waals surface area contributed by atoms with Gasteiger partial charge in [-0.2, -0.15) is 0 Å². The number of nitro benzene ring substituents is 1. The first-order valence-corrected chi connectivity index (χ1v) is 9.62. The second kappa shape index (κ2) is 8.86. The molecule has 0 heterocycles. The van der Waals surface area contributed by atoms with Crippen LogP contribution in [0.15, 0.2) is 54.6 Å². The second-order valence-corrected chi connectivity index (χ2v) is 7.62. The first-order valence-electron chi connectivity index (χ1n) is 9.62. The summed E-state index contributed by atoms with van der Waals surface area (Å²) in [5, 5.41) is 13.8. The first-order chi connectivity index (χ1) is 13.9. The molecule has 2 aromatic carbocycles. The van der Waals surface area contributed by atoms with Crippen LogP contribution in [-0.4, -0.2) is 22.8 Å². The van der Waals surface area contributed by atoms with Crippen LogP contribution >= 0.6 is 0 Å². The molecule has 2 aromatic rings. The van der Waals surface area contributed by atoms with Gasteiger partial charge in [-0.25, -0.2) is 4.79 Å². The summed E-state index contributed by atoms with van der Waals surface area (Å²) in [6.07, 6.45) is 0.608. The van der Waals surface area contributed by atoms with Gasteiger partial charge in [0.05, 0.1) is 4.92 Å². The van der Waals surface area contributed by atoms with Crippen molar-refractivity contribution < 1.29 is 19.2 Å². The van der Waals surface area contributed by atoms with E-state index in [1.165, 1.54) is 12.1 Å². The molecule has 152 valence electrons. The van der Waals surface area contributed by atoms with Gasteiger partial charge < -0.3 is 10.1 Å². The third kappa shape index (κ3) is 5.19. The van der Waals surface area contributed by atoms with Gasteiger partial charge in [-0.15, -0.1) is 0 Å². The molecule has 0 aliphatic heterocycles. The SMILES string of the molecule is CC(C)C(NC(=O)C1CC1c1cccc([N+](=O)[O-])c1)C(=O)OCc1ccccc1. The van der Waals surface area contributed by atoms with Crippen LogP contribution in [0.5, 0.6) is 0 Å². The molecule has 3 rings (SSSR count). The molecular formula is C22H24N2O5.